The summed E-state index contributed by atoms with van der Waals surface area (Å²) in [4.78, 5) is 1.41. The molecule has 1 nitrogen and oxygen atoms in total. The van der Waals surface area contributed by atoms with Gasteiger partial charge >= 0.3 is 0 Å². The SMILES string of the molecule is CCCNC(Cc1c(C)cc(C)cc1C)c1cc(Br)cs1. The average Bonchev–Trinajstić information content (AvgIpc) is 2.83. The van der Waals surface area contributed by atoms with Crippen LogP contribution in [0.5, 0.6) is 0 Å². The molecule has 0 aliphatic carbocycles. The standard InChI is InChI=1S/C18H24BrNS/c1-5-6-20-17(18-9-15(19)11-21-18)10-16-13(3)7-12(2)8-14(16)4/h7-9,11,17,20H,5-6,10H2,1-4H3. The van der Waals surface area contributed by atoms with Crippen LogP contribution in [0.15, 0.2) is 28.1 Å². The van der Waals surface area contributed by atoms with Gasteiger partial charge in [0.25, 0.3) is 0 Å². The lowest BCUT2D eigenvalue weighted by Crippen LogP contribution is -2.24. The lowest BCUT2D eigenvalue weighted by Gasteiger charge is -2.20. The van der Waals surface area contributed by atoms with Crippen LogP contribution in [0.4, 0.5) is 0 Å². The van der Waals surface area contributed by atoms with Crippen molar-refractivity contribution in [2.75, 3.05) is 6.54 Å². The van der Waals surface area contributed by atoms with Gasteiger partial charge < -0.3 is 5.32 Å². The van der Waals surface area contributed by atoms with Crippen molar-refractivity contribution >= 4 is 27.3 Å². The monoisotopic (exact) mass is 365 g/mol. The van der Waals surface area contributed by atoms with E-state index in [-0.39, 0.29) is 0 Å². The highest BCUT2D eigenvalue weighted by atomic mass is 79.9. The molecule has 0 amide bonds. The Morgan fingerprint density at radius 1 is 1.14 bits per heavy atom. The molecule has 0 radical (unpaired) electrons. The molecule has 0 bridgehead atoms. The van der Waals surface area contributed by atoms with E-state index < -0.39 is 0 Å². The van der Waals surface area contributed by atoms with Crippen LogP contribution < -0.4 is 5.32 Å². The molecule has 0 aliphatic rings. The maximum Gasteiger partial charge on any atom is 0.0456 e. The van der Waals surface area contributed by atoms with Gasteiger partial charge in [0.2, 0.25) is 0 Å². The van der Waals surface area contributed by atoms with E-state index in [9.17, 15) is 0 Å². The summed E-state index contributed by atoms with van der Waals surface area (Å²) in [6.07, 6.45) is 2.22. The maximum absolute atomic E-state index is 3.71. The van der Waals surface area contributed by atoms with Gasteiger partial charge in [-0.15, -0.1) is 11.3 Å². The minimum atomic E-state index is 0.404. The fourth-order valence-corrected chi connectivity index (χ4v) is 4.36. The number of hydrogen-bond acceptors (Lipinski definition) is 2. The van der Waals surface area contributed by atoms with Gasteiger partial charge in [-0.2, -0.15) is 0 Å². The molecule has 2 aromatic rings. The van der Waals surface area contributed by atoms with Gasteiger partial charge in [0.05, 0.1) is 0 Å². The fourth-order valence-electron chi connectivity index (χ4n) is 2.84. The van der Waals surface area contributed by atoms with E-state index in [1.54, 1.807) is 0 Å². The van der Waals surface area contributed by atoms with Crippen LogP contribution in [0, 0.1) is 20.8 Å². The number of aryl methyl sites for hydroxylation is 3. The quantitative estimate of drug-likeness (QED) is 0.690. The van der Waals surface area contributed by atoms with Crippen molar-refractivity contribution in [1.29, 1.82) is 0 Å². The summed E-state index contributed by atoms with van der Waals surface area (Å²) in [5.41, 5.74) is 5.65. The zero-order valence-electron chi connectivity index (χ0n) is 13.3. The molecular weight excluding hydrogens is 342 g/mol. The maximum atomic E-state index is 3.71. The lowest BCUT2D eigenvalue weighted by molar-refractivity contribution is 0.534. The van der Waals surface area contributed by atoms with Crippen molar-refractivity contribution in [2.45, 2.75) is 46.6 Å². The van der Waals surface area contributed by atoms with E-state index in [1.165, 1.54) is 31.6 Å². The highest BCUT2D eigenvalue weighted by Gasteiger charge is 2.16. The molecular formula is C18H24BrNS. The normalized spacial score (nSPS) is 12.6. The van der Waals surface area contributed by atoms with E-state index in [0.717, 1.165) is 19.4 Å². The predicted octanol–water partition coefficient (Wildman–Crippen LogP) is 5.72. The Kier molecular flexibility index (Phi) is 6.03. The second-order valence-corrected chi connectivity index (χ2v) is 7.61. The van der Waals surface area contributed by atoms with Crippen molar-refractivity contribution in [1.82, 2.24) is 5.32 Å². The molecule has 0 saturated carbocycles. The van der Waals surface area contributed by atoms with Gasteiger partial charge in [0, 0.05) is 20.8 Å². The molecule has 2 rings (SSSR count). The van der Waals surface area contributed by atoms with Crippen LogP contribution in [0.1, 0.15) is 46.5 Å². The Morgan fingerprint density at radius 2 is 1.81 bits per heavy atom. The third-order valence-corrected chi connectivity index (χ3v) is 5.63. The third-order valence-electron chi connectivity index (χ3n) is 3.82. The molecule has 1 atom stereocenters. The van der Waals surface area contributed by atoms with Crippen LogP contribution in [0.25, 0.3) is 0 Å². The van der Waals surface area contributed by atoms with Crippen molar-refractivity contribution < 1.29 is 0 Å². The van der Waals surface area contributed by atoms with E-state index in [4.69, 9.17) is 0 Å². The molecule has 1 heterocycles. The largest absolute Gasteiger partial charge is 0.309 e. The second-order valence-electron chi connectivity index (χ2n) is 5.76. The number of benzene rings is 1. The number of nitrogens with one attached hydrogen (secondary N) is 1. The van der Waals surface area contributed by atoms with E-state index >= 15 is 0 Å². The van der Waals surface area contributed by atoms with Crippen molar-refractivity contribution in [3.8, 4) is 0 Å². The van der Waals surface area contributed by atoms with E-state index in [1.807, 2.05) is 11.3 Å². The number of rotatable bonds is 6. The summed E-state index contributed by atoms with van der Waals surface area (Å²) in [6.45, 7) is 9.92. The molecule has 21 heavy (non-hydrogen) atoms. The van der Waals surface area contributed by atoms with Crippen LogP contribution in [0.2, 0.25) is 0 Å². The average molecular weight is 366 g/mol. The Morgan fingerprint density at radius 3 is 2.33 bits per heavy atom. The van der Waals surface area contributed by atoms with E-state index in [2.05, 4.69) is 72.5 Å². The molecule has 3 heteroatoms. The van der Waals surface area contributed by atoms with Crippen molar-refractivity contribution in [3.05, 3.63) is 55.2 Å². The molecule has 0 fully saturated rings. The van der Waals surface area contributed by atoms with Gasteiger partial charge in [-0.1, -0.05) is 24.6 Å². The van der Waals surface area contributed by atoms with Gasteiger partial charge in [-0.25, -0.2) is 0 Å². The first-order valence-electron chi connectivity index (χ1n) is 7.55. The fraction of sp³-hybridized carbons (Fsp3) is 0.444. The topological polar surface area (TPSA) is 12.0 Å². The minimum Gasteiger partial charge on any atom is -0.309 e. The smallest absolute Gasteiger partial charge is 0.0456 e. The summed E-state index contributed by atoms with van der Waals surface area (Å²) in [5, 5.41) is 5.88. The predicted molar refractivity (Wildman–Crippen MR) is 97.4 cm³/mol. The number of hydrogen-bond donors (Lipinski definition) is 1. The Balaban J connectivity index is 2.27. The summed E-state index contributed by atoms with van der Waals surface area (Å²) in [6, 6.07) is 7.24. The lowest BCUT2D eigenvalue weighted by atomic mass is 9.94. The summed E-state index contributed by atoms with van der Waals surface area (Å²) in [5.74, 6) is 0. The van der Waals surface area contributed by atoms with Crippen molar-refractivity contribution in [3.63, 3.8) is 0 Å². The summed E-state index contributed by atoms with van der Waals surface area (Å²) in [7, 11) is 0. The van der Waals surface area contributed by atoms with Gasteiger partial charge in [-0.05, 0) is 78.8 Å². The van der Waals surface area contributed by atoms with E-state index in [0.29, 0.717) is 6.04 Å². The Labute approximate surface area is 140 Å². The van der Waals surface area contributed by atoms with Gasteiger partial charge in [-0.3, -0.25) is 0 Å². The first-order valence-corrected chi connectivity index (χ1v) is 9.22. The number of halogens is 1. The van der Waals surface area contributed by atoms with Crippen LogP contribution in [-0.4, -0.2) is 6.54 Å². The zero-order valence-corrected chi connectivity index (χ0v) is 15.7. The van der Waals surface area contributed by atoms with Crippen LogP contribution in [0.3, 0.4) is 0 Å². The number of thiophene rings is 1. The molecule has 0 saturated heterocycles. The molecule has 1 N–H and O–H groups in total. The summed E-state index contributed by atoms with van der Waals surface area (Å²) < 4.78 is 1.18. The first-order chi connectivity index (χ1) is 10.0. The highest BCUT2D eigenvalue weighted by molar-refractivity contribution is 9.10. The second kappa shape index (κ2) is 7.57. The third kappa shape index (κ3) is 4.41. The molecule has 1 aromatic carbocycles. The van der Waals surface area contributed by atoms with Crippen LogP contribution >= 0.6 is 27.3 Å². The molecule has 0 spiro atoms. The molecule has 1 unspecified atom stereocenters. The zero-order chi connectivity index (χ0) is 15.4. The molecule has 114 valence electrons. The van der Waals surface area contributed by atoms with Gasteiger partial charge in [0.1, 0.15) is 0 Å². The Bertz CT molecular complexity index is 580. The first kappa shape index (κ1) is 16.7. The van der Waals surface area contributed by atoms with Crippen LogP contribution in [-0.2, 0) is 6.42 Å². The molecule has 1 aromatic heterocycles. The highest BCUT2D eigenvalue weighted by Crippen LogP contribution is 2.30. The van der Waals surface area contributed by atoms with Gasteiger partial charge in [0.15, 0.2) is 0 Å². The Hall–Kier alpha value is -0.640. The summed E-state index contributed by atoms with van der Waals surface area (Å²) >= 11 is 5.41. The van der Waals surface area contributed by atoms with Crippen molar-refractivity contribution in [2.24, 2.45) is 0 Å². The molecule has 0 aliphatic heterocycles. The minimum absolute atomic E-state index is 0.404.